The first kappa shape index (κ1) is 39.2. The van der Waals surface area contributed by atoms with E-state index in [2.05, 4.69) is 21.5 Å². The highest BCUT2D eigenvalue weighted by atomic mass is 35.5. The van der Waals surface area contributed by atoms with Crippen LogP contribution in [0.5, 0.6) is 5.75 Å². The Hall–Kier alpha value is -5.65. The van der Waals surface area contributed by atoms with Gasteiger partial charge in [-0.25, -0.2) is 9.97 Å². The van der Waals surface area contributed by atoms with E-state index in [-0.39, 0.29) is 24.4 Å². The van der Waals surface area contributed by atoms with E-state index in [4.69, 9.17) is 33.0 Å². The number of anilines is 1. The zero-order valence-corrected chi connectivity index (χ0v) is 35.5. The van der Waals surface area contributed by atoms with E-state index in [0.29, 0.717) is 48.2 Å². The lowest BCUT2D eigenvalue weighted by atomic mass is 9.98. The van der Waals surface area contributed by atoms with E-state index in [9.17, 15) is 4.79 Å². The number of hydrogen-bond donors (Lipinski definition) is 0. The maximum atomic E-state index is 15.4. The minimum atomic E-state index is -0.155. The predicted octanol–water partition coefficient (Wildman–Crippen LogP) is 9.32. The fourth-order valence-corrected chi connectivity index (χ4v) is 8.79. The molecule has 0 radical (unpaired) electrons. The average molecular weight is 818 g/mol. The molecule has 4 aromatic heterocycles. The molecule has 0 saturated heterocycles. The first-order chi connectivity index (χ1) is 27.7. The van der Waals surface area contributed by atoms with Crippen LogP contribution in [0.25, 0.3) is 44.3 Å². The molecule has 1 aliphatic heterocycles. The van der Waals surface area contributed by atoms with Crippen molar-refractivity contribution in [1.82, 2.24) is 33.8 Å². The van der Waals surface area contributed by atoms with Crippen LogP contribution in [-0.4, -0.2) is 72.8 Å². The molecule has 0 saturated carbocycles. The van der Waals surface area contributed by atoms with Gasteiger partial charge in [0.15, 0.2) is 5.82 Å². The van der Waals surface area contributed by atoms with Gasteiger partial charge in [0.2, 0.25) is 5.91 Å². The highest BCUT2D eigenvalue weighted by molar-refractivity contribution is 6.35. The molecule has 58 heavy (non-hydrogen) atoms. The molecule has 0 fully saturated rings. The highest BCUT2D eigenvalue weighted by Gasteiger charge is 2.38. The van der Waals surface area contributed by atoms with E-state index in [1.807, 2.05) is 97.6 Å². The Morgan fingerprint density at radius 1 is 0.966 bits per heavy atom. The first-order valence-corrected chi connectivity index (χ1v) is 20.2. The van der Waals surface area contributed by atoms with Gasteiger partial charge in [0.05, 0.1) is 34.0 Å². The van der Waals surface area contributed by atoms with Crippen LogP contribution in [0.1, 0.15) is 58.0 Å². The second-order valence-corrected chi connectivity index (χ2v) is 16.3. The van der Waals surface area contributed by atoms with Crippen molar-refractivity contribution in [3.63, 3.8) is 0 Å². The minimum Gasteiger partial charge on any atom is -0.494 e. The van der Waals surface area contributed by atoms with Crippen LogP contribution in [0, 0.1) is 27.7 Å². The van der Waals surface area contributed by atoms with Crippen LogP contribution in [0.4, 0.5) is 5.69 Å². The number of amides is 2. The van der Waals surface area contributed by atoms with Crippen LogP contribution in [-0.2, 0) is 24.8 Å². The quantitative estimate of drug-likeness (QED) is 0.128. The summed E-state index contributed by atoms with van der Waals surface area (Å²) in [6.45, 7) is 11.1. The van der Waals surface area contributed by atoms with Crippen LogP contribution in [0.2, 0.25) is 10.0 Å². The Balaban J connectivity index is 1.28. The molecular weight excluding hydrogens is 771 g/mol. The third-order valence-corrected chi connectivity index (χ3v) is 12.3. The lowest BCUT2D eigenvalue weighted by Crippen LogP contribution is -2.42. The monoisotopic (exact) mass is 816 g/mol. The number of hydrogen-bond acceptors (Lipinski definition) is 6. The molecule has 3 aromatic carbocycles. The first-order valence-electron chi connectivity index (χ1n) is 19.4. The third-order valence-electron chi connectivity index (χ3n) is 11.3. The Morgan fingerprint density at radius 3 is 2.36 bits per heavy atom. The summed E-state index contributed by atoms with van der Waals surface area (Å²) in [6.07, 6.45) is 6.59. The topological polar surface area (TPSA) is 103 Å². The van der Waals surface area contributed by atoms with Crippen molar-refractivity contribution in [2.75, 3.05) is 32.1 Å². The molecule has 7 aromatic rings. The fourth-order valence-electron chi connectivity index (χ4n) is 8.44. The normalized spacial score (nSPS) is 14.1. The van der Waals surface area contributed by atoms with Gasteiger partial charge in [-0.3, -0.25) is 14.3 Å². The molecule has 298 valence electrons. The lowest BCUT2D eigenvalue weighted by molar-refractivity contribution is -0.129. The van der Waals surface area contributed by atoms with E-state index < -0.39 is 0 Å². The summed E-state index contributed by atoms with van der Waals surface area (Å²) < 4.78 is 12.3. The van der Waals surface area contributed by atoms with Crippen LogP contribution < -0.4 is 9.64 Å². The van der Waals surface area contributed by atoms with Gasteiger partial charge in [0, 0.05) is 90.5 Å². The van der Waals surface area contributed by atoms with Gasteiger partial charge in [-0.1, -0.05) is 29.3 Å². The second kappa shape index (κ2) is 15.3. The van der Waals surface area contributed by atoms with Gasteiger partial charge in [-0.05, 0) is 107 Å². The molecule has 8 rings (SSSR count). The van der Waals surface area contributed by atoms with Crippen molar-refractivity contribution in [3.05, 3.63) is 111 Å². The fraction of sp³-hybridized carbons (Fsp3) is 0.311. The van der Waals surface area contributed by atoms with E-state index >= 15 is 4.79 Å². The number of aromatic nitrogens is 6. The molecular formula is C45H46Cl2N8O3. The van der Waals surface area contributed by atoms with E-state index in [1.54, 1.807) is 37.5 Å². The molecule has 0 aliphatic carbocycles. The summed E-state index contributed by atoms with van der Waals surface area (Å²) in [7, 11) is 5.42. The van der Waals surface area contributed by atoms with Crippen LogP contribution >= 0.6 is 23.2 Å². The Kier molecular flexibility index (Phi) is 10.3. The van der Waals surface area contributed by atoms with Gasteiger partial charge in [0.25, 0.3) is 5.91 Å². The molecule has 1 unspecified atom stereocenters. The second-order valence-electron chi connectivity index (χ2n) is 15.5. The summed E-state index contributed by atoms with van der Waals surface area (Å²) in [5.41, 5.74) is 10.4. The molecule has 0 spiro atoms. The molecule has 13 heteroatoms. The number of carbonyl (C=O) groups is 2. The number of fused-ring (bicyclic) bond motifs is 4. The maximum absolute atomic E-state index is 15.4. The van der Waals surface area contributed by atoms with Crippen molar-refractivity contribution in [3.8, 4) is 28.3 Å². The van der Waals surface area contributed by atoms with Crippen LogP contribution in [0.3, 0.4) is 0 Å². The molecule has 5 heterocycles. The number of halogens is 2. The standard InChI is InChI=1S/C45H46Cl2N8O3/c1-25-19-31(20-26(2)41(25)47)58-18-9-11-32-33-13-14-35(46)40(39-28(4)50-52(8)29(39)5)42(33)55-27(3)22-54(45(57)43(32)55)37-23-53(24-38(56)51(6)7)36-15-12-30(21-34(36)37)44-48-16-10-17-49-44/h10,12-17,19-21,23,27H,9,11,18,22,24H2,1-8H3. The third kappa shape index (κ3) is 6.69. The number of benzene rings is 3. The van der Waals surface area contributed by atoms with Crippen molar-refractivity contribution >= 4 is 62.5 Å². The number of carbonyl (C=O) groups excluding carboxylic acids is 2. The summed E-state index contributed by atoms with van der Waals surface area (Å²) in [5, 5.41) is 7.89. The molecule has 1 atom stereocenters. The average Bonchev–Trinajstić information content (AvgIpc) is 3.81. The molecule has 11 nitrogen and oxygen atoms in total. The number of nitrogens with zero attached hydrogens (tertiary/aromatic N) is 8. The SMILES string of the molecule is Cc1cc(OCCCc2c3n(c4c(-c5c(C)nn(C)c5C)c(Cl)ccc24)C(C)CN(c2cn(CC(=O)N(C)C)c4ccc(-c5ncccn5)cc24)C3=O)cc(C)c1Cl. The number of likely N-dealkylation sites (N-methyl/N-ethyl adjacent to an activating group) is 1. The molecule has 1 aliphatic rings. The van der Waals surface area contributed by atoms with Crippen molar-refractivity contribution in [2.45, 2.75) is 60.0 Å². The van der Waals surface area contributed by atoms with Crippen LogP contribution in [0.15, 0.2) is 67.1 Å². The van der Waals surface area contributed by atoms with Gasteiger partial charge >= 0.3 is 0 Å². The summed E-state index contributed by atoms with van der Waals surface area (Å²) in [5.74, 6) is 1.15. The predicted molar refractivity (Wildman–Crippen MR) is 231 cm³/mol. The largest absolute Gasteiger partial charge is 0.494 e. The maximum Gasteiger partial charge on any atom is 0.275 e. The van der Waals surface area contributed by atoms with Crippen molar-refractivity contribution in [2.24, 2.45) is 7.05 Å². The zero-order valence-electron chi connectivity index (χ0n) is 34.0. The summed E-state index contributed by atoms with van der Waals surface area (Å²) in [4.78, 5) is 41.0. The Morgan fingerprint density at radius 2 is 1.69 bits per heavy atom. The smallest absolute Gasteiger partial charge is 0.275 e. The Bertz CT molecular complexity index is 2740. The van der Waals surface area contributed by atoms with Gasteiger partial charge in [0.1, 0.15) is 18.0 Å². The molecule has 2 amide bonds. The minimum absolute atomic E-state index is 0.0591. The molecule has 0 bridgehead atoms. The number of ether oxygens (including phenoxy) is 1. The van der Waals surface area contributed by atoms with Gasteiger partial charge in [-0.2, -0.15) is 5.10 Å². The van der Waals surface area contributed by atoms with Crippen molar-refractivity contribution in [1.29, 1.82) is 0 Å². The number of aryl methyl sites for hydroxylation is 5. The highest BCUT2D eigenvalue weighted by Crippen LogP contribution is 2.46. The molecule has 0 N–H and O–H groups in total. The zero-order chi connectivity index (χ0) is 41.2. The summed E-state index contributed by atoms with van der Waals surface area (Å²) >= 11 is 13.6. The van der Waals surface area contributed by atoms with E-state index in [0.717, 1.165) is 77.3 Å². The Labute approximate surface area is 347 Å². The van der Waals surface area contributed by atoms with Gasteiger partial charge < -0.3 is 23.7 Å². The summed E-state index contributed by atoms with van der Waals surface area (Å²) in [6, 6.07) is 15.5. The lowest BCUT2D eigenvalue weighted by Gasteiger charge is -2.34. The van der Waals surface area contributed by atoms with Crippen molar-refractivity contribution < 1.29 is 14.3 Å². The van der Waals surface area contributed by atoms with Gasteiger partial charge in [-0.15, -0.1) is 0 Å². The van der Waals surface area contributed by atoms with E-state index in [1.165, 1.54) is 0 Å². The number of rotatable bonds is 10.